The molecule has 1 aromatic heterocycles. The van der Waals surface area contributed by atoms with Crippen LogP contribution in [-0.4, -0.2) is 56.6 Å². The van der Waals surface area contributed by atoms with Gasteiger partial charge in [0.05, 0.1) is 33.5 Å². The molecule has 126 valence electrons. The second kappa shape index (κ2) is 7.68. The van der Waals surface area contributed by atoms with E-state index in [1.165, 1.54) is 0 Å². The van der Waals surface area contributed by atoms with Crippen molar-refractivity contribution in [1.82, 2.24) is 9.99 Å². The van der Waals surface area contributed by atoms with Crippen LogP contribution in [0.2, 0.25) is 0 Å². The molecule has 0 amide bonds. The number of nitrogens with zero attached hydrogens (tertiary/aromatic N) is 4. The molecule has 24 heavy (non-hydrogen) atoms. The van der Waals surface area contributed by atoms with Crippen molar-refractivity contribution in [2.45, 2.75) is 0 Å². The number of aromatic nitrogens is 1. The lowest BCUT2D eigenvalue weighted by molar-refractivity contribution is 0.271. The largest absolute Gasteiger partial charge is 0.497 e. The van der Waals surface area contributed by atoms with Crippen LogP contribution in [0.15, 0.2) is 47.7 Å². The van der Waals surface area contributed by atoms with E-state index >= 15 is 0 Å². The van der Waals surface area contributed by atoms with E-state index < -0.39 is 0 Å². The van der Waals surface area contributed by atoms with E-state index in [-0.39, 0.29) is 0 Å². The van der Waals surface area contributed by atoms with Gasteiger partial charge in [-0.05, 0) is 24.3 Å². The first-order valence-electron chi connectivity index (χ1n) is 7.97. The lowest BCUT2D eigenvalue weighted by atomic mass is 10.2. The summed E-state index contributed by atoms with van der Waals surface area (Å²) in [4.78, 5) is 6.68. The van der Waals surface area contributed by atoms with Gasteiger partial charge < -0.3 is 14.4 Å². The lowest BCUT2D eigenvalue weighted by Crippen LogP contribution is -2.44. The van der Waals surface area contributed by atoms with Crippen molar-refractivity contribution in [2.75, 3.05) is 45.3 Å². The summed E-state index contributed by atoms with van der Waals surface area (Å²) in [5.41, 5.74) is 0.936. The molecule has 3 rings (SSSR count). The summed E-state index contributed by atoms with van der Waals surface area (Å²) in [7, 11) is 3.29. The van der Waals surface area contributed by atoms with Crippen LogP contribution < -0.4 is 14.4 Å². The molecule has 6 heteroatoms. The molecule has 2 heterocycles. The number of methoxy groups -OCH3 is 2. The Balaban J connectivity index is 1.61. The topological polar surface area (TPSA) is 50.2 Å². The van der Waals surface area contributed by atoms with E-state index in [0.717, 1.165) is 49.1 Å². The van der Waals surface area contributed by atoms with Crippen molar-refractivity contribution in [1.29, 1.82) is 0 Å². The van der Waals surface area contributed by atoms with E-state index in [9.17, 15) is 0 Å². The number of hydrogen-bond donors (Lipinski definition) is 0. The second-order valence-corrected chi connectivity index (χ2v) is 5.48. The van der Waals surface area contributed by atoms with Crippen molar-refractivity contribution < 1.29 is 9.47 Å². The van der Waals surface area contributed by atoms with Crippen LogP contribution >= 0.6 is 0 Å². The molecule has 1 saturated heterocycles. The first-order valence-corrected chi connectivity index (χ1v) is 7.97. The summed E-state index contributed by atoms with van der Waals surface area (Å²) in [6, 6.07) is 11.7. The summed E-state index contributed by atoms with van der Waals surface area (Å²) in [5.74, 6) is 2.55. The molecular weight excluding hydrogens is 304 g/mol. The van der Waals surface area contributed by atoms with Crippen LogP contribution in [0.3, 0.4) is 0 Å². The molecule has 2 aromatic rings. The lowest BCUT2D eigenvalue weighted by Gasteiger charge is -2.33. The third-order valence-corrected chi connectivity index (χ3v) is 4.03. The van der Waals surface area contributed by atoms with Crippen molar-refractivity contribution in [2.24, 2.45) is 5.10 Å². The molecule has 0 N–H and O–H groups in total. The smallest absolute Gasteiger partial charge is 0.131 e. The Morgan fingerprint density at radius 1 is 1.04 bits per heavy atom. The predicted molar refractivity (Wildman–Crippen MR) is 95.2 cm³/mol. The van der Waals surface area contributed by atoms with Crippen LogP contribution in [0.1, 0.15) is 5.56 Å². The average molecular weight is 326 g/mol. The van der Waals surface area contributed by atoms with Crippen LogP contribution in [-0.2, 0) is 0 Å². The molecule has 6 nitrogen and oxygen atoms in total. The molecule has 0 bridgehead atoms. The Kier molecular flexibility index (Phi) is 5.15. The van der Waals surface area contributed by atoms with Gasteiger partial charge in [0.1, 0.15) is 17.3 Å². The maximum atomic E-state index is 5.40. The summed E-state index contributed by atoms with van der Waals surface area (Å²) in [5, 5.41) is 6.66. The summed E-state index contributed by atoms with van der Waals surface area (Å²) in [6.07, 6.45) is 3.67. The van der Waals surface area contributed by atoms with Crippen LogP contribution in [0.5, 0.6) is 11.5 Å². The highest BCUT2D eigenvalue weighted by Gasteiger charge is 2.16. The normalized spacial score (nSPS) is 14.9. The monoisotopic (exact) mass is 326 g/mol. The van der Waals surface area contributed by atoms with Gasteiger partial charge in [0.15, 0.2) is 0 Å². The van der Waals surface area contributed by atoms with Crippen LogP contribution in [0, 0.1) is 0 Å². The molecule has 1 aliphatic rings. The fraction of sp³-hybridized carbons (Fsp3) is 0.333. The van der Waals surface area contributed by atoms with E-state index in [2.05, 4.69) is 20.0 Å². The highest BCUT2D eigenvalue weighted by molar-refractivity contribution is 5.83. The predicted octanol–water partition coefficient (Wildman–Crippen LogP) is 2.25. The van der Waals surface area contributed by atoms with E-state index in [1.54, 1.807) is 14.2 Å². The molecule has 0 spiro atoms. The van der Waals surface area contributed by atoms with Crippen LogP contribution in [0.4, 0.5) is 5.82 Å². The maximum absolute atomic E-state index is 5.40. The van der Waals surface area contributed by atoms with Crippen molar-refractivity contribution in [3.63, 3.8) is 0 Å². The highest BCUT2D eigenvalue weighted by atomic mass is 16.5. The van der Waals surface area contributed by atoms with Gasteiger partial charge in [-0.3, -0.25) is 5.01 Å². The zero-order valence-electron chi connectivity index (χ0n) is 14.1. The van der Waals surface area contributed by atoms with E-state index in [1.807, 2.05) is 48.8 Å². The highest BCUT2D eigenvalue weighted by Crippen LogP contribution is 2.23. The zero-order valence-corrected chi connectivity index (χ0v) is 14.1. The number of piperazine rings is 1. The fourth-order valence-corrected chi connectivity index (χ4v) is 2.65. The van der Waals surface area contributed by atoms with Gasteiger partial charge in [-0.2, -0.15) is 5.10 Å². The number of pyridine rings is 1. The van der Waals surface area contributed by atoms with E-state index in [0.29, 0.717) is 0 Å². The molecule has 1 fully saturated rings. The number of benzene rings is 1. The Morgan fingerprint density at radius 3 is 2.54 bits per heavy atom. The molecule has 1 aliphatic heterocycles. The summed E-state index contributed by atoms with van der Waals surface area (Å²) in [6.45, 7) is 3.55. The van der Waals surface area contributed by atoms with Crippen molar-refractivity contribution in [3.8, 4) is 11.5 Å². The number of anilines is 1. The summed E-state index contributed by atoms with van der Waals surface area (Å²) >= 11 is 0. The Morgan fingerprint density at radius 2 is 1.88 bits per heavy atom. The van der Waals surface area contributed by atoms with Gasteiger partial charge in [0.2, 0.25) is 0 Å². The minimum Gasteiger partial charge on any atom is -0.497 e. The molecule has 1 aromatic carbocycles. The fourth-order valence-electron chi connectivity index (χ4n) is 2.65. The van der Waals surface area contributed by atoms with Gasteiger partial charge in [-0.15, -0.1) is 0 Å². The number of hydrazone groups is 1. The number of rotatable bonds is 5. The van der Waals surface area contributed by atoms with Gasteiger partial charge >= 0.3 is 0 Å². The van der Waals surface area contributed by atoms with E-state index in [4.69, 9.17) is 9.47 Å². The molecular formula is C18H22N4O2. The molecule has 0 radical (unpaired) electrons. The number of hydrogen-bond acceptors (Lipinski definition) is 6. The van der Waals surface area contributed by atoms with Gasteiger partial charge in [0.25, 0.3) is 0 Å². The van der Waals surface area contributed by atoms with Crippen molar-refractivity contribution in [3.05, 3.63) is 48.2 Å². The molecule has 0 saturated carbocycles. The average Bonchev–Trinajstić information content (AvgIpc) is 2.67. The zero-order chi connectivity index (χ0) is 16.8. The Bertz CT molecular complexity index is 683. The number of ether oxygens (including phenoxy) is 2. The first kappa shape index (κ1) is 16.1. The molecule has 0 aliphatic carbocycles. The Hall–Kier alpha value is -2.76. The minimum atomic E-state index is 0.755. The standard InChI is InChI=1S/C18H22N4O2/c1-23-16-7-6-15(17(13-16)24-2)14-20-22-11-9-21(10-12-22)18-5-3-4-8-19-18/h3-8,13-14H,9-12H2,1-2H3. The minimum absolute atomic E-state index is 0.755. The molecule has 0 unspecified atom stereocenters. The van der Waals surface area contributed by atoms with Gasteiger partial charge in [-0.25, -0.2) is 4.98 Å². The van der Waals surface area contributed by atoms with Gasteiger partial charge in [-0.1, -0.05) is 6.07 Å². The van der Waals surface area contributed by atoms with Crippen LogP contribution in [0.25, 0.3) is 0 Å². The molecule has 0 atom stereocenters. The maximum Gasteiger partial charge on any atom is 0.131 e. The van der Waals surface area contributed by atoms with Crippen molar-refractivity contribution >= 4 is 12.0 Å². The SMILES string of the molecule is COc1ccc(C=NN2CCN(c3ccccn3)CC2)c(OC)c1. The quantitative estimate of drug-likeness (QED) is 0.789. The first-order chi connectivity index (χ1) is 11.8. The third-order valence-electron chi connectivity index (χ3n) is 4.03. The van der Waals surface area contributed by atoms with Gasteiger partial charge in [0, 0.05) is 30.9 Å². The Labute approximate surface area is 142 Å². The second-order valence-electron chi connectivity index (χ2n) is 5.48. The summed E-state index contributed by atoms with van der Waals surface area (Å²) < 4.78 is 10.6. The third kappa shape index (κ3) is 3.76.